The average molecular weight is 318 g/mol. The molecule has 0 N–H and O–H groups in total. The molecule has 5 heteroatoms. The van der Waals surface area contributed by atoms with Crippen LogP contribution in [0.5, 0.6) is 0 Å². The van der Waals surface area contributed by atoms with Gasteiger partial charge in [-0.2, -0.15) is 0 Å². The molecule has 0 saturated carbocycles. The first-order valence-electron chi connectivity index (χ1n) is 7.47. The van der Waals surface area contributed by atoms with Crippen LogP contribution in [-0.4, -0.2) is 47.9 Å². The normalized spacial score (nSPS) is 25.0. The molecule has 0 aliphatic carbocycles. The molecule has 2 aromatic rings. The van der Waals surface area contributed by atoms with Gasteiger partial charge in [0.2, 0.25) is 0 Å². The van der Waals surface area contributed by atoms with Crippen molar-refractivity contribution < 1.29 is 4.79 Å². The lowest BCUT2D eigenvalue weighted by molar-refractivity contribution is 0.0690. The Bertz CT molecular complexity index is 627. The van der Waals surface area contributed by atoms with Gasteiger partial charge in [-0.3, -0.25) is 4.79 Å². The van der Waals surface area contributed by atoms with Crippen molar-refractivity contribution in [3.8, 4) is 10.4 Å². The van der Waals surface area contributed by atoms with Gasteiger partial charge in [-0.15, -0.1) is 22.7 Å². The Kier molecular flexibility index (Phi) is 3.57. The number of hydrogen-bond acceptors (Lipinski definition) is 4. The maximum Gasteiger partial charge on any atom is 0.264 e. The Hall–Kier alpha value is -1.17. The summed E-state index contributed by atoms with van der Waals surface area (Å²) in [5.41, 5.74) is 1.18. The van der Waals surface area contributed by atoms with Crippen LogP contribution in [0.1, 0.15) is 22.5 Å². The van der Waals surface area contributed by atoms with Gasteiger partial charge in [-0.25, -0.2) is 0 Å². The molecule has 0 spiro atoms. The number of carbonyl (C=O) groups is 1. The van der Waals surface area contributed by atoms with Gasteiger partial charge in [0.1, 0.15) is 0 Å². The number of hydrogen-bond donors (Lipinski definition) is 0. The van der Waals surface area contributed by atoms with Crippen molar-refractivity contribution in [2.45, 2.75) is 18.9 Å². The van der Waals surface area contributed by atoms with Gasteiger partial charge in [0, 0.05) is 48.0 Å². The second-order valence-corrected chi connectivity index (χ2v) is 7.61. The van der Waals surface area contributed by atoms with Crippen molar-refractivity contribution in [1.82, 2.24) is 9.80 Å². The summed E-state index contributed by atoms with van der Waals surface area (Å²) >= 11 is 3.31. The Morgan fingerprint density at radius 2 is 2.00 bits per heavy atom. The van der Waals surface area contributed by atoms with Crippen LogP contribution in [0.3, 0.4) is 0 Å². The van der Waals surface area contributed by atoms with Crippen molar-refractivity contribution in [1.29, 1.82) is 0 Å². The monoisotopic (exact) mass is 318 g/mol. The maximum atomic E-state index is 12.8. The predicted octanol–water partition coefficient (Wildman–Crippen LogP) is 3.40. The summed E-state index contributed by atoms with van der Waals surface area (Å²) in [4.78, 5) is 19.6. The van der Waals surface area contributed by atoms with E-state index < -0.39 is 0 Å². The first-order valence-corrected chi connectivity index (χ1v) is 9.23. The molecule has 2 bridgehead atoms. The standard InChI is InChI=1S/C16H18N2OS2/c19-16(18-8-7-17-5-3-13(18)4-6-17)15-10-12(11-21-15)14-2-1-9-20-14/h1-2,9-11,13H,3-8H2. The third-order valence-electron chi connectivity index (χ3n) is 4.53. The van der Waals surface area contributed by atoms with Crippen LogP contribution in [0.25, 0.3) is 10.4 Å². The lowest BCUT2D eigenvalue weighted by atomic mass is 10.1. The summed E-state index contributed by atoms with van der Waals surface area (Å²) in [5, 5.41) is 4.19. The zero-order chi connectivity index (χ0) is 14.2. The van der Waals surface area contributed by atoms with Crippen LogP contribution in [0, 0.1) is 0 Å². The van der Waals surface area contributed by atoms with Gasteiger partial charge in [-0.05, 0) is 30.4 Å². The van der Waals surface area contributed by atoms with E-state index in [1.54, 1.807) is 22.7 Å². The minimum absolute atomic E-state index is 0.233. The van der Waals surface area contributed by atoms with E-state index in [2.05, 4.69) is 38.8 Å². The number of thiophene rings is 2. The predicted molar refractivity (Wildman–Crippen MR) is 88.1 cm³/mol. The smallest absolute Gasteiger partial charge is 0.264 e. The van der Waals surface area contributed by atoms with Crippen LogP contribution in [0.15, 0.2) is 29.0 Å². The lowest BCUT2D eigenvalue weighted by Gasteiger charge is -2.31. The molecule has 3 aliphatic rings. The third-order valence-corrected chi connectivity index (χ3v) is 6.37. The molecule has 2 aromatic heterocycles. The summed E-state index contributed by atoms with van der Waals surface area (Å²) in [6, 6.07) is 6.68. The minimum Gasteiger partial charge on any atom is -0.334 e. The highest BCUT2D eigenvalue weighted by atomic mass is 32.1. The molecule has 1 amide bonds. The number of carbonyl (C=O) groups excluding carboxylic acids is 1. The van der Waals surface area contributed by atoms with Crippen molar-refractivity contribution in [2.75, 3.05) is 26.2 Å². The van der Waals surface area contributed by atoms with Crippen molar-refractivity contribution in [3.63, 3.8) is 0 Å². The molecule has 3 fully saturated rings. The van der Waals surface area contributed by atoms with Crippen LogP contribution in [0.4, 0.5) is 0 Å². The van der Waals surface area contributed by atoms with Gasteiger partial charge in [0.15, 0.2) is 0 Å². The summed E-state index contributed by atoms with van der Waals surface area (Å²) in [5.74, 6) is 0.233. The highest BCUT2D eigenvalue weighted by molar-refractivity contribution is 7.15. The molecule has 0 unspecified atom stereocenters. The maximum absolute atomic E-state index is 12.8. The molecule has 3 aliphatic heterocycles. The number of rotatable bonds is 2. The minimum atomic E-state index is 0.233. The van der Waals surface area contributed by atoms with Crippen LogP contribution < -0.4 is 0 Å². The fourth-order valence-electron chi connectivity index (χ4n) is 3.32. The topological polar surface area (TPSA) is 23.6 Å². The second-order valence-electron chi connectivity index (χ2n) is 5.75. The molecule has 5 heterocycles. The molecular formula is C16H18N2OS2. The second kappa shape index (κ2) is 5.55. The van der Waals surface area contributed by atoms with E-state index in [9.17, 15) is 4.79 Å². The van der Waals surface area contributed by atoms with E-state index in [4.69, 9.17) is 0 Å². The summed E-state index contributed by atoms with van der Waals surface area (Å²) in [6.45, 7) is 4.22. The molecule has 0 atom stereocenters. The molecular weight excluding hydrogens is 300 g/mol. The number of piperidine rings is 1. The Labute approximate surface area is 132 Å². The van der Waals surface area contributed by atoms with Gasteiger partial charge >= 0.3 is 0 Å². The van der Waals surface area contributed by atoms with Crippen LogP contribution >= 0.6 is 22.7 Å². The molecule has 21 heavy (non-hydrogen) atoms. The molecule has 3 nitrogen and oxygen atoms in total. The molecule has 0 radical (unpaired) electrons. The van der Waals surface area contributed by atoms with Gasteiger partial charge < -0.3 is 9.80 Å². The number of fused-ring (bicyclic) bond motifs is 4. The van der Waals surface area contributed by atoms with E-state index in [1.807, 2.05) is 0 Å². The quantitative estimate of drug-likeness (QED) is 0.847. The highest BCUT2D eigenvalue weighted by Crippen LogP contribution is 2.31. The first kappa shape index (κ1) is 13.5. The largest absolute Gasteiger partial charge is 0.334 e. The molecule has 110 valence electrons. The van der Waals surface area contributed by atoms with Gasteiger partial charge in [0.05, 0.1) is 4.88 Å². The third kappa shape index (κ3) is 2.54. The SMILES string of the molecule is O=C(c1cc(-c2cccs2)cs1)N1CCN2CCC1CC2. The van der Waals surface area contributed by atoms with Crippen molar-refractivity contribution >= 4 is 28.6 Å². The Morgan fingerprint density at radius 1 is 1.14 bits per heavy atom. The van der Waals surface area contributed by atoms with Gasteiger partial charge in [0.25, 0.3) is 5.91 Å². The summed E-state index contributed by atoms with van der Waals surface area (Å²) in [6.07, 6.45) is 2.27. The summed E-state index contributed by atoms with van der Waals surface area (Å²) < 4.78 is 0. The lowest BCUT2D eigenvalue weighted by Crippen LogP contribution is -2.41. The molecule has 0 aromatic carbocycles. The fourth-order valence-corrected chi connectivity index (χ4v) is 4.97. The van der Waals surface area contributed by atoms with E-state index >= 15 is 0 Å². The Morgan fingerprint density at radius 3 is 2.76 bits per heavy atom. The number of amides is 1. The average Bonchev–Trinajstić information content (AvgIpc) is 3.12. The van der Waals surface area contributed by atoms with Crippen LogP contribution in [-0.2, 0) is 0 Å². The molecule has 3 saturated heterocycles. The van der Waals surface area contributed by atoms with Gasteiger partial charge in [-0.1, -0.05) is 6.07 Å². The Balaban J connectivity index is 1.57. The van der Waals surface area contributed by atoms with Crippen molar-refractivity contribution in [2.24, 2.45) is 0 Å². The highest BCUT2D eigenvalue weighted by Gasteiger charge is 2.32. The van der Waals surface area contributed by atoms with E-state index in [0.717, 1.165) is 43.9 Å². The zero-order valence-corrected chi connectivity index (χ0v) is 13.5. The van der Waals surface area contributed by atoms with Crippen molar-refractivity contribution in [3.05, 3.63) is 33.8 Å². The zero-order valence-electron chi connectivity index (χ0n) is 11.8. The van der Waals surface area contributed by atoms with E-state index in [1.165, 1.54) is 10.4 Å². The van der Waals surface area contributed by atoms with E-state index in [0.29, 0.717) is 6.04 Å². The first-order chi connectivity index (χ1) is 10.3. The van der Waals surface area contributed by atoms with E-state index in [-0.39, 0.29) is 5.91 Å². The number of nitrogens with zero attached hydrogens (tertiary/aromatic N) is 2. The van der Waals surface area contributed by atoms with Crippen LogP contribution in [0.2, 0.25) is 0 Å². The fraction of sp³-hybridized carbons (Fsp3) is 0.438. The molecule has 5 rings (SSSR count). The summed E-state index contributed by atoms with van der Waals surface area (Å²) in [7, 11) is 0.